The van der Waals surface area contributed by atoms with Crippen molar-refractivity contribution in [3.8, 4) is 0 Å². The monoisotopic (exact) mass is 1410 g/mol. The predicted octanol–water partition coefficient (Wildman–Crippen LogP) is 6.19. The molecule has 1 aliphatic carbocycles. The van der Waals surface area contributed by atoms with Crippen LogP contribution in [-0.4, -0.2) is 156 Å². The van der Waals surface area contributed by atoms with Crippen molar-refractivity contribution in [2.24, 2.45) is 27.9 Å². The van der Waals surface area contributed by atoms with Crippen molar-refractivity contribution in [3.05, 3.63) is 125 Å². The smallest absolute Gasteiger partial charge is 0.296 e. The maximum Gasteiger partial charge on any atom is 0.296 e. The number of ether oxygens (including phenoxy) is 2. The lowest BCUT2D eigenvalue weighted by molar-refractivity contribution is -0.141. The van der Waals surface area contributed by atoms with Gasteiger partial charge in [0.1, 0.15) is 40.5 Å². The number of nitrogen functional groups attached to an aromatic ring is 1. The number of anilines is 6. The van der Waals surface area contributed by atoms with Crippen LogP contribution in [0.2, 0.25) is 0 Å². The number of aromatic amines is 1. The van der Waals surface area contributed by atoms with Gasteiger partial charge in [0.15, 0.2) is 17.3 Å². The summed E-state index contributed by atoms with van der Waals surface area (Å²) in [6.45, 7) is 11.3. The van der Waals surface area contributed by atoms with Gasteiger partial charge in [-0.2, -0.15) is 40.2 Å². The van der Waals surface area contributed by atoms with E-state index < -0.39 is 108 Å². The molecule has 0 saturated heterocycles. The minimum absolute atomic E-state index is 0.000650. The maximum atomic E-state index is 13.9. The van der Waals surface area contributed by atoms with Gasteiger partial charge in [-0.25, -0.2) is 4.98 Å². The molecule has 98 heavy (non-hydrogen) atoms. The van der Waals surface area contributed by atoms with Crippen LogP contribution in [0.25, 0.3) is 0 Å². The zero-order valence-electron chi connectivity index (χ0n) is 54.9. The summed E-state index contributed by atoms with van der Waals surface area (Å²) in [7, 11) is -14.9. The third-order valence-corrected chi connectivity index (χ3v) is 19.1. The number of hydrogen-bond acceptors (Lipinski definition) is 25. The first kappa shape index (κ1) is 76.4. The predicted molar refractivity (Wildman–Crippen MR) is 357 cm³/mol. The minimum atomic E-state index is -5.13. The molecule has 0 saturated carbocycles. The van der Waals surface area contributed by atoms with Crippen LogP contribution in [0.5, 0.6) is 0 Å². The Kier molecular flexibility index (Phi) is 24.7. The normalized spacial score (nSPS) is 13.4. The van der Waals surface area contributed by atoms with Crippen LogP contribution < -0.4 is 32.7 Å². The zero-order chi connectivity index (χ0) is 72.3. The number of carbonyl (C=O) groups is 8. The fourth-order valence-electron chi connectivity index (χ4n) is 10.7. The Labute approximate surface area is 566 Å². The number of nitrogens with zero attached hydrogens (tertiary/aromatic N) is 4. The van der Waals surface area contributed by atoms with Gasteiger partial charge >= 0.3 is 0 Å². The molecule has 4 aromatic carbocycles. The molecule has 0 spiro atoms. The highest BCUT2D eigenvalue weighted by Gasteiger charge is 2.42. The molecule has 0 aliphatic heterocycles. The van der Waals surface area contributed by atoms with Crippen LogP contribution in [0.1, 0.15) is 142 Å². The number of nitrogens with one attached hydrogen (secondary N) is 5. The summed E-state index contributed by atoms with van der Waals surface area (Å²) in [4.78, 5) is 125. The summed E-state index contributed by atoms with van der Waals surface area (Å²) in [5, 5.41) is 11.2. The molecule has 1 amide bonds. The molecule has 33 heteroatoms. The van der Waals surface area contributed by atoms with E-state index in [1.807, 2.05) is 0 Å². The fraction of sp³-hybridized carbons (Fsp3) is 0.415. The quantitative estimate of drug-likeness (QED) is 0.0117. The molecule has 12 N–H and O–H groups in total. The van der Waals surface area contributed by atoms with E-state index in [1.54, 1.807) is 47.7 Å². The number of fused-ring (bicyclic) bond motifs is 2. The number of benzene rings is 4. The molecule has 30 nitrogen and oxygen atoms in total. The molecule has 7 rings (SSSR count). The van der Waals surface area contributed by atoms with Gasteiger partial charge < -0.3 is 47.2 Å². The lowest BCUT2D eigenvalue weighted by atomic mass is 9.69. The molecule has 526 valence electrons. The van der Waals surface area contributed by atoms with E-state index in [1.165, 1.54) is 61.8 Å². The first-order valence-corrected chi connectivity index (χ1v) is 35.2. The van der Waals surface area contributed by atoms with Crippen molar-refractivity contribution in [2.75, 3.05) is 61.2 Å². The molecule has 0 radical (unpaired) electrons. The van der Waals surface area contributed by atoms with Gasteiger partial charge in [0.05, 0.1) is 64.5 Å². The van der Waals surface area contributed by atoms with E-state index in [0.29, 0.717) is 25.0 Å². The number of amides is 1. The molecule has 2 aromatic heterocycles. The first-order valence-electron chi connectivity index (χ1n) is 30.9. The van der Waals surface area contributed by atoms with Crippen LogP contribution >= 0.6 is 0 Å². The Morgan fingerprint density at radius 3 is 1.89 bits per heavy atom. The van der Waals surface area contributed by atoms with E-state index in [0.717, 1.165) is 24.3 Å². The third kappa shape index (κ3) is 20.3. The fourth-order valence-corrected chi connectivity index (χ4v) is 12.6. The van der Waals surface area contributed by atoms with Crippen LogP contribution in [0, 0.1) is 22.2 Å². The average Bonchev–Trinajstić information content (AvgIpc) is 0.735. The SMILES string of the molecule is CC(=O)[C@H](CCCCNC(=O)COCCOCCNc1nc(Cc2ccc(Nc3cc(S(=O)(=O)O)c(N)c4c3C(=O)c3ccccc3C4=O)cc2S(=O)(=O)O)nc(Nc2cccc(S(=O)(=O)O)c2)n1)CC(=O)C(C)(C)CC(=O)C(C)(C)CC(=O)C(C)(C)CC(=O)[C@@H](N)Cc1cnc[nH]1. The standard InChI is InChI=1S/C65H79N11O19S3/c1-37(77)38(25-51(79)64(4,5)32-53(81)65(6,7)33-52(80)63(2,3)31-48(78)46(66)28-42-34-68-36-71-42)13-10-11-20-69-55(82)35-95-24-23-94-22-21-70-61-74-54(75-62(76-61)73-40-14-12-15-43(27-40)96(85,86)87)26-39-18-19-41(29-49(39)97(88,89)90)72-47-30-50(98(91,92)93)58(67)57-56(47)59(83)44-16-8-9-17-45(44)60(57)84/h8-9,12,14-19,27,29-30,34,36,38,46,72H,10-11,13,20-26,28,31-33,35,66-67H2,1-7H3,(H,68,71)(H,69,82)(H,85,86,87)(H,88,89,90)(H,91,92,93)(H2,70,73,74,75,76)/t38-,46+/m1/s1. The number of H-pyrrole nitrogens is 1. The number of unbranched alkanes of at least 4 members (excludes halogenated alkanes) is 1. The lowest BCUT2D eigenvalue weighted by Crippen LogP contribution is -2.41. The molecule has 0 fully saturated rings. The van der Waals surface area contributed by atoms with Gasteiger partial charge in [-0.15, -0.1) is 0 Å². The minimum Gasteiger partial charge on any atom is -0.397 e. The van der Waals surface area contributed by atoms with Crippen LogP contribution in [0.15, 0.2) is 100 Å². The number of ketones is 7. The Morgan fingerprint density at radius 2 is 1.27 bits per heavy atom. The van der Waals surface area contributed by atoms with E-state index in [4.69, 9.17) is 20.9 Å². The summed E-state index contributed by atoms with van der Waals surface area (Å²) < 4.78 is 117. The Balaban J connectivity index is 0.885. The van der Waals surface area contributed by atoms with Gasteiger partial charge in [0, 0.05) is 108 Å². The largest absolute Gasteiger partial charge is 0.397 e. The van der Waals surface area contributed by atoms with Crippen molar-refractivity contribution in [1.82, 2.24) is 30.2 Å². The highest BCUT2D eigenvalue weighted by Crippen LogP contribution is 2.41. The Bertz CT molecular complexity index is 4410. The van der Waals surface area contributed by atoms with Crippen LogP contribution in [-0.2, 0) is 81.4 Å². The van der Waals surface area contributed by atoms with E-state index in [-0.39, 0.29) is 158 Å². The summed E-state index contributed by atoms with van der Waals surface area (Å²) in [6.07, 6.45) is 3.61. The number of rotatable bonds is 38. The highest BCUT2D eigenvalue weighted by atomic mass is 32.2. The molecule has 1 aliphatic rings. The Hall–Kier alpha value is -8.93. The molecular formula is C65H79N11O19S3. The lowest BCUT2D eigenvalue weighted by Gasteiger charge is -2.32. The summed E-state index contributed by atoms with van der Waals surface area (Å²) in [5.74, 6) is -4.48. The van der Waals surface area contributed by atoms with E-state index >= 15 is 0 Å². The van der Waals surface area contributed by atoms with Gasteiger partial charge in [-0.05, 0) is 61.7 Å². The van der Waals surface area contributed by atoms with Crippen molar-refractivity contribution >= 4 is 111 Å². The molecule has 2 atom stereocenters. The molecule has 6 aromatic rings. The third-order valence-electron chi connectivity index (χ3n) is 16.5. The summed E-state index contributed by atoms with van der Waals surface area (Å²) in [5.41, 5.74) is 7.17. The van der Waals surface area contributed by atoms with Gasteiger partial charge in [0.25, 0.3) is 30.4 Å². The summed E-state index contributed by atoms with van der Waals surface area (Å²) >= 11 is 0. The second-order valence-electron chi connectivity index (χ2n) is 25.6. The van der Waals surface area contributed by atoms with E-state index in [9.17, 15) is 77.3 Å². The number of imidazole rings is 1. The number of hydrogen-bond donors (Lipinski definition) is 10. The van der Waals surface area contributed by atoms with Gasteiger partial charge in [-0.3, -0.25) is 52.0 Å². The molecular weight excluding hydrogens is 1330 g/mol. The number of aromatic nitrogens is 5. The van der Waals surface area contributed by atoms with Crippen molar-refractivity contribution in [2.45, 2.75) is 127 Å². The molecule has 0 bridgehead atoms. The topological polar surface area (TPSA) is 486 Å². The second kappa shape index (κ2) is 31.7. The Morgan fingerprint density at radius 1 is 0.653 bits per heavy atom. The second-order valence-corrected chi connectivity index (χ2v) is 29.8. The summed E-state index contributed by atoms with van der Waals surface area (Å²) in [6, 6.07) is 14.0. The molecule has 0 unspecified atom stereocenters. The van der Waals surface area contributed by atoms with Crippen LogP contribution in [0.3, 0.4) is 0 Å². The van der Waals surface area contributed by atoms with Gasteiger partial charge in [-0.1, -0.05) is 84.4 Å². The van der Waals surface area contributed by atoms with Crippen molar-refractivity contribution in [1.29, 1.82) is 0 Å². The number of carbonyl (C=O) groups excluding carboxylic acids is 8. The average molecular weight is 1410 g/mol. The maximum absolute atomic E-state index is 13.9. The number of Topliss-reactive ketones (excluding diaryl/α,β-unsaturated/α-hetero) is 5. The highest BCUT2D eigenvalue weighted by molar-refractivity contribution is 7.86. The van der Waals surface area contributed by atoms with Gasteiger partial charge in [0.2, 0.25) is 17.8 Å². The number of nitrogens with two attached hydrogens (primary N) is 2. The van der Waals surface area contributed by atoms with Crippen molar-refractivity contribution < 1.29 is 86.7 Å². The molecule has 2 heterocycles. The van der Waals surface area contributed by atoms with E-state index in [2.05, 4.69) is 46.2 Å². The van der Waals surface area contributed by atoms with Crippen LogP contribution in [0.4, 0.5) is 34.6 Å². The first-order chi connectivity index (χ1) is 45.7. The zero-order valence-corrected chi connectivity index (χ0v) is 57.3. The van der Waals surface area contributed by atoms with Crippen molar-refractivity contribution in [3.63, 3.8) is 0 Å².